The molecule has 5 nitrogen and oxygen atoms in total. The molecule has 0 radical (unpaired) electrons. The number of amides is 1. The van der Waals surface area contributed by atoms with Gasteiger partial charge < -0.3 is 15.8 Å². The molecule has 18 heavy (non-hydrogen) atoms. The van der Waals surface area contributed by atoms with Gasteiger partial charge in [0.05, 0.1) is 18.2 Å². The van der Waals surface area contributed by atoms with Gasteiger partial charge in [-0.2, -0.15) is 0 Å². The maximum atomic E-state index is 11.7. The number of hydrogen-bond donors (Lipinski definition) is 2. The quantitative estimate of drug-likeness (QED) is 0.799. The molecule has 0 aliphatic heterocycles. The predicted octanol–water partition coefficient (Wildman–Crippen LogP) is 1.77. The summed E-state index contributed by atoms with van der Waals surface area (Å²) in [6.07, 6.45) is 0.797. The molecule has 0 aromatic carbocycles. The van der Waals surface area contributed by atoms with Gasteiger partial charge in [0, 0.05) is 4.88 Å². The topological polar surface area (TPSA) is 81.4 Å². The molecule has 0 saturated carbocycles. The van der Waals surface area contributed by atoms with Crippen LogP contribution in [0.3, 0.4) is 0 Å². The smallest absolute Gasteiger partial charge is 0.341 e. The summed E-state index contributed by atoms with van der Waals surface area (Å²) in [6.45, 7) is 5.62. The molecule has 0 saturated heterocycles. The highest BCUT2D eigenvalue weighted by molar-refractivity contribution is 7.16. The van der Waals surface area contributed by atoms with Gasteiger partial charge in [-0.05, 0) is 26.3 Å². The molecule has 1 unspecified atom stereocenters. The van der Waals surface area contributed by atoms with Crippen LogP contribution in [0.25, 0.3) is 0 Å². The third-order valence-corrected chi connectivity index (χ3v) is 3.47. The van der Waals surface area contributed by atoms with Gasteiger partial charge >= 0.3 is 5.97 Å². The molecule has 1 aromatic heterocycles. The van der Waals surface area contributed by atoms with Crippen molar-refractivity contribution < 1.29 is 14.3 Å². The van der Waals surface area contributed by atoms with Crippen LogP contribution < -0.4 is 11.1 Å². The van der Waals surface area contributed by atoms with Crippen LogP contribution in [-0.2, 0) is 16.0 Å². The average Bonchev–Trinajstić information content (AvgIpc) is 2.72. The molecule has 1 rings (SSSR count). The van der Waals surface area contributed by atoms with Crippen molar-refractivity contribution in [2.75, 3.05) is 11.9 Å². The van der Waals surface area contributed by atoms with Crippen molar-refractivity contribution in [1.82, 2.24) is 0 Å². The van der Waals surface area contributed by atoms with Crippen molar-refractivity contribution in [3.63, 3.8) is 0 Å². The Bertz CT molecular complexity index is 441. The van der Waals surface area contributed by atoms with Crippen molar-refractivity contribution in [2.45, 2.75) is 33.2 Å². The number of aryl methyl sites for hydroxylation is 1. The van der Waals surface area contributed by atoms with Gasteiger partial charge in [-0.25, -0.2) is 4.79 Å². The highest BCUT2D eigenvalue weighted by Crippen LogP contribution is 2.29. The van der Waals surface area contributed by atoms with E-state index >= 15 is 0 Å². The Kier molecular flexibility index (Phi) is 5.30. The summed E-state index contributed by atoms with van der Waals surface area (Å²) in [5, 5.41) is 3.16. The van der Waals surface area contributed by atoms with Gasteiger partial charge in [-0.1, -0.05) is 6.92 Å². The third-order valence-electron chi connectivity index (χ3n) is 2.28. The van der Waals surface area contributed by atoms with E-state index in [1.165, 1.54) is 11.3 Å². The molecule has 0 bridgehead atoms. The fourth-order valence-corrected chi connectivity index (χ4v) is 2.28. The number of ether oxygens (including phenoxy) is 1. The molecule has 1 heterocycles. The predicted molar refractivity (Wildman–Crippen MR) is 71.9 cm³/mol. The molecule has 6 heteroatoms. The number of carbonyl (C=O) groups excluding carboxylic acids is 2. The molecule has 1 atom stereocenters. The summed E-state index contributed by atoms with van der Waals surface area (Å²) in [5.41, 5.74) is 5.88. The number of nitrogens with two attached hydrogens (primary N) is 1. The standard InChI is InChI=1S/C12H18N2O3S/c1-4-8-6-9(12(16)17-5-2)11(18-8)14-10(15)7(3)13/h6-7H,4-5,13H2,1-3H3,(H,14,15). The molecule has 0 aliphatic carbocycles. The van der Waals surface area contributed by atoms with Crippen LogP contribution >= 0.6 is 11.3 Å². The van der Waals surface area contributed by atoms with Gasteiger partial charge in [0.1, 0.15) is 5.00 Å². The highest BCUT2D eigenvalue weighted by atomic mass is 32.1. The Morgan fingerprint density at radius 2 is 2.17 bits per heavy atom. The number of esters is 1. The summed E-state index contributed by atoms with van der Waals surface area (Å²) < 4.78 is 4.95. The molecule has 3 N–H and O–H groups in total. The maximum absolute atomic E-state index is 11.7. The average molecular weight is 270 g/mol. The van der Waals surface area contributed by atoms with Crippen LogP contribution in [-0.4, -0.2) is 24.5 Å². The first-order valence-electron chi connectivity index (χ1n) is 5.85. The zero-order valence-corrected chi connectivity index (χ0v) is 11.6. The largest absolute Gasteiger partial charge is 0.462 e. The zero-order valence-electron chi connectivity index (χ0n) is 10.8. The van der Waals surface area contributed by atoms with Crippen LogP contribution in [0.5, 0.6) is 0 Å². The van der Waals surface area contributed by atoms with E-state index in [9.17, 15) is 9.59 Å². The Morgan fingerprint density at radius 3 is 2.67 bits per heavy atom. The highest BCUT2D eigenvalue weighted by Gasteiger charge is 2.19. The van der Waals surface area contributed by atoms with Crippen molar-refractivity contribution in [1.29, 1.82) is 0 Å². The first-order valence-corrected chi connectivity index (χ1v) is 6.67. The lowest BCUT2D eigenvalue weighted by atomic mass is 10.2. The van der Waals surface area contributed by atoms with Gasteiger partial charge in [0.25, 0.3) is 0 Å². The lowest BCUT2D eigenvalue weighted by Crippen LogP contribution is -2.32. The normalized spacial score (nSPS) is 12.0. The summed E-state index contributed by atoms with van der Waals surface area (Å²) in [6, 6.07) is 1.13. The van der Waals surface area contributed by atoms with Crippen LogP contribution in [0.1, 0.15) is 36.0 Å². The minimum Gasteiger partial charge on any atom is -0.462 e. The van der Waals surface area contributed by atoms with E-state index in [1.54, 1.807) is 19.9 Å². The van der Waals surface area contributed by atoms with Crippen LogP contribution in [0.2, 0.25) is 0 Å². The zero-order chi connectivity index (χ0) is 13.7. The number of nitrogens with one attached hydrogen (secondary N) is 1. The molecule has 1 amide bonds. The monoisotopic (exact) mass is 270 g/mol. The van der Waals surface area contributed by atoms with E-state index < -0.39 is 12.0 Å². The lowest BCUT2D eigenvalue weighted by molar-refractivity contribution is -0.117. The lowest BCUT2D eigenvalue weighted by Gasteiger charge is -2.07. The Hall–Kier alpha value is -1.40. The molecule has 0 fully saturated rings. The van der Waals surface area contributed by atoms with E-state index in [1.807, 2.05) is 6.92 Å². The minimum absolute atomic E-state index is 0.302. The second-order valence-electron chi connectivity index (χ2n) is 3.81. The van der Waals surface area contributed by atoms with Crippen LogP contribution in [0.4, 0.5) is 5.00 Å². The molecule has 100 valence electrons. The van der Waals surface area contributed by atoms with Gasteiger partial charge in [0.2, 0.25) is 5.91 Å². The minimum atomic E-state index is -0.618. The van der Waals surface area contributed by atoms with E-state index in [0.29, 0.717) is 17.2 Å². The van der Waals surface area contributed by atoms with E-state index in [2.05, 4.69) is 5.32 Å². The van der Waals surface area contributed by atoms with Gasteiger partial charge in [-0.15, -0.1) is 11.3 Å². The summed E-state index contributed by atoms with van der Waals surface area (Å²) in [4.78, 5) is 24.3. The Morgan fingerprint density at radius 1 is 1.50 bits per heavy atom. The van der Waals surface area contributed by atoms with E-state index in [0.717, 1.165) is 11.3 Å². The third kappa shape index (κ3) is 3.54. The van der Waals surface area contributed by atoms with Gasteiger partial charge in [0.15, 0.2) is 0 Å². The fraction of sp³-hybridized carbons (Fsp3) is 0.500. The summed E-state index contributed by atoms with van der Waals surface area (Å²) in [5.74, 6) is -0.738. The summed E-state index contributed by atoms with van der Waals surface area (Å²) in [7, 11) is 0. The van der Waals surface area contributed by atoms with Crippen LogP contribution in [0.15, 0.2) is 6.07 Å². The molecular formula is C12H18N2O3S. The Labute approximate surface area is 110 Å². The van der Waals surface area contributed by atoms with E-state index in [-0.39, 0.29) is 5.91 Å². The van der Waals surface area contributed by atoms with Crippen molar-refractivity contribution in [3.8, 4) is 0 Å². The fourth-order valence-electron chi connectivity index (χ4n) is 1.30. The van der Waals surface area contributed by atoms with Crippen molar-refractivity contribution >= 4 is 28.2 Å². The first kappa shape index (κ1) is 14.7. The van der Waals surface area contributed by atoms with Crippen molar-refractivity contribution in [2.24, 2.45) is 5.73 Å². The van der Waals surface area contributed by atoms with Crippen molar-refractivity contribution in [3.05, 3.63) is 16.5 Å². The number of carbonyl (C=O) groups is 2. The summed E-state index contributed by atoms with van der Waals surface area (Å²) >= 11 is 1.37. The SMILES string of the molecule is CCOC(=O)c1cc(CC)sc1NC(=O)C(C)N. The maximum Gasteiger partial charge on any atom is 0.341 e. The molecule has 0 spiro atoms. The Balaban J connectivity index is 2.98. The number of anilines is 1. The van der Waals surface area contributed by atoms with Gasteiger partial charge in [-0.3, -0.25) is 4.79 Å². The van der Waals surface area contributed by atoms with Crippen LogP contribution in [0, 0.1) is 0 Å². The number of thiophene rings is 1. The molecular weight excluding hydrogens is 252 g/mol. The second kappa shape index (κ2) is 6.51. The number of hydrogen-bond acceptors (Lipinski definition) is 5. The van der Waals surface area contributed by atoms with E-state index in [4.69, 9.17) is 10.5 Å². The molecule has 1 aromatic rings. The molecule has 0 aliphatic rings. The number of rotatable bonds is 5. The second-order valence-corrected chi connectivity index (χ2v) is 4.94. The first-order chi connectivity index (χ1) is 8.49.